The highest BCUT2D eigenvalue weighted by Crippen LogP contribution is 2.37. The van der Waals surface area contributed by atoms with Crippen LogP contribution >= 0.6 is 11.8 Å². The molecule has 9 heteroatoms. The lowest BCUT2D eigenvalue weighted by Crippen LogP contribution is -2.41. The summed E-state index contributed by atoms with van der Waals surface area (Å²) >= 11 is 1.44. The van der Waals surface area contributed by atoms with E-state index in [0.29, 0.717) is 48.9 Å². The Morgan fingerprint density at radius 2 is 2.00 bits per heavy atom. The van der Waals surface area contributed by atoms with Crippen LogP contribution in [-0.4, -0.2) is 50.7 Å². The Bertz CT molecular complexity index is 1070. The van der Waals surface area contributed by atoms with Gasteiger partial charge in [-0.15, -0.1) is 11.8 Å². The second kappa shape index (κ2) is 8.66. The van der Waals surface area contributed by atoms with Crippen molar-refractivity contribution >= 4 is 27.7 Å². The first-order chi connectivity index (χ1) is 14.4. The molecule has 6 nitrogen and oxygen atoms in total. The van der Waals surface area contributed by atoms with E-state index in [2.05, 4.69) is 5.32 Å². The summed E-state index contributed by atoms with van der Waals surface area (Å²) in [4.78, 5) is 13.6. The maximum absolute atomic E-state index is 14.1. The lowest BCUT2D eigenvalue weighted by Gasteiger charge is -2.27. The van der Waals surface area contributed by atoms with Crippen molar-refractivity contribution in [1.29, 1.82) is 0 Å². The third-order valence-corrected chi connectivity index (χ3v) is 8.57. The van der Waals surface area contributed by atoms with Crippen molar-refractivity contribution in [3.05, 3.63) is 58.9 Å². The van der Waals surface area contributed by atoms with E-state index in [4.69, 9.17) is 4.74 Å². The van der Waals surface area contributed by atoms with Gasteiger partial charge >= 0.3 is 0 Å². The van der Waals surface area contributed by atoms with E-state index in [9.17, 15) is 17.6 Å². The van der Waals surface area contributed by atoms with Gasteiger partial charge in [-0.3, -0.25) is 4.79 Å². The standard InChI is InChI=1S/C21H23FN2O4S2/c1-14-5-6-15(13-19(14)30(26,27)24-8-10-28-11-9-24)21(25)23-18-7-12-29-20-16(18)3-2-4-17(20)22/h2-6,13,18H,7-12H2,1H3,(H,23,25)/t18-/m0/s1. The van der Waals surface area contributed by atoms with Crippen molar-refractivity contribution in [3.63, 3.8) is 0 Å². The second-order valence-electron chi connectivity index (χ2n) is 7.32. The van der Waals surface area contributed by atoms with Crippen LogP contribution in [-0.2, 0) is 14.8 Å². The molecule has 1 amide bonds. The number of aryl methyl sites for hydroxylation is 1. The van der Waals surface area contributed by atoms with Gasteiger partial charge in [-0.2, -0.15) is 4.31 Å². The van der Waals surface area contributed by atoms with Gasteiger partial charge in [0.05, 0.1) is 24.2 Å². The molecule has 1 N–H and O–H groups in total. The monoisotopic (exact) mass is 450 g/mol. The van der Waals surface area contributed by atoms with Crippen LogP contribution in [0.3, 0.4) is 0 Å². The Hall–Kier alpha value is -1.94. The number of sulfonamides is 1. The fourth-order valence-corrected chi connectivity index (χ4v) is 6.52. The Morgan fingerprint density at radius 3 is 2.77 bits per heavy atom. The first-order valence-corrected chi connectivity index (χ1v) is 12.2. The Morgan fingerprint density at radius 1 is 1.23 bits per heavy atom. The van der Waals surface area contributed by atoms with E-state index in [1.165, 1.54) is 28.2 Å². The molecule has 0 aromatic heterocycles. The van der Waals surface area contributed by atoms with Crippen LogP contribution in [0.5, 0.6) is 0 Å². The third-order valence-electron chi connectivity index (χ3n) is 5.37. The van der Waals surface area contributed by atoms with Crippen molar-refractivity contribution < 1.29 is 22.3 Å². The average Bonchev–Trinajstić information content (AvgIpc) is 2.75. The molecule has 2 aromatic carbocycles. The summed E-state index contributed by atoms with van der Waals surface area (Å²) in [6.07, 6.45) is 0.678. The highest BCUT2D eigenvalue weighted by atomic mass is 32.2. The van der Waals surface area contributed by atoms with Gasteiger partial charge in [-0.25, -0.2) is 12.8 Å². The van der Waals surface area contributed by atoms with Gasteiger partial charge in [-0.05, 0) is 42.7 Å². The third kappa shape index (κ3) is 4.12. The van der Waals surface area contributed by atoms with Crippen molar-refractivity contribution in [2.24, 2.45) is 0 Å². The minimum Gasteiger partial charge on any atom is -0.379 e. The smallest absolute Gasteiger partial charge is 0.251 e. The van der Waals surface area contributed by atoms with Crippen molar-refractivity contribution in [3.8, 4) is 0 Å². The highest BCUT2D eigenvalue weighted by molar-refractivity contribution is 7.99. The number of nitrogens with one attached hydrogen (secondary N) is 1. The van der Waals surface area contributed by atoms with Crippen molar-refractivity contribution in [2.75, 3.05) is 32.1 Å². The molecular weight excluding hydrogens is 427 g/mol. The van der Waals surface area contributed by atoms with Gasteiger partial charge in [-0.1, -0.05) is 18.2 Å². The Balaban J connectivity index is 1.59. The molecule has 30 heavy (non-hydrogen) atoms. The topological polar surface area (TPSA) is 75.7 Å². The molecule has 0 saturated carbocycles. The van der Waals surface area contributed by atoms with Gasteiger partial charge < -0.3 is 10.1 Å². The quantitative estimate of drug-likeness (QED) is 0.775. The molecule has 2 heterocycles. The maximum Gasteiger partial charge on any atom is 0.251 e. The van der Waals surface area contributed by atoms with Crippen LogP contribution in [0.15, 0.2) is 46.2 Å². The second-order valence-corrected chi connectivity index (χ2v) is 10.3. The van der Waals surface area contributed by atoms with E-state index in [1.54, 1.807) is 25.1 Å². The van der Waals surface area contributed by atoms with Crippen LogP contribution in [0.2, 0.25) is 0 Å². The Kier molecular flexibility index (Phi) is 6.15. The summed E-state index contributed by atoms with van der Waals surface area (Å²) < 4.78 is 46.9. The van der Waals surface area contributed by atoms with E-state index in [-0.39, 0.29) is 28.2 Å². The number of benzene rings is 2. The summed E-state index contributed by atoms with van der Waals surface area (Å²) in [5, 5.41) is 2.95. The van der Waals surface area contributed by atoms with Crippen LogP contribution in [0.1, 0.15) is 33.9 Å². The summed E-state index contributed by atoms with van der Waals surface area (Å²) in [7, 11) is -3.72. The SMILES string of the molecule is Cc1ccc(C(=O)N[C@H]2CCSc3c(F)cccc32)cc1S(=O)(=O)N1CCOCC1. The number of fused-ring (bicyclic) bond motifs is 1. The van der Waals surface area contributed by atoms with Crippen LogP contribution in [0, 0.1) is 12.7 Å². The lowest BCUT2D eigenvalue weighted by atomic mass is 10.0. The number of ether oxygens (including phenoxy) is 1. The molecule has 160 valence electrons. The molecule has 0 aliphatic carbocycles. The lowest BCUT2D eigenvalue weighted by molar-refractivity contribution is 0.0730. The first kappa shape index (κ1) is 21.3. The fraction of sp³-hybridized carbons (Fsp3) is 0.381. The van der Waals surface area contributed by atoms with Crippen molar-refractivity contribution in [1.82, 2.24) is 9.62 Å². The van der Waals surface area contributed by atoms with E-state index in [0.717, 1.165) is 5.56 Å². The van der Waals surface area contributed by atoms with E-state index in [1.807, 2.05) is 6.07 Å². The highest BCUT2D eigenvalue weighted by Gasteiger charge is 2.29. The summed E-state index contributed by atoms with van der Waals surface area (Å²) in [6, 6.07) is 9.25. The molecule has 2 aromatic rings. The average molecular weight is 451 g/mol. The number of hydrogen-bond acceptors (Lipinski definition) is 5. The number of amides is 1. The zero-order valence-corrected chi connectivity index (χ0v) is 18.2. The van der Waals surface area contributed by atoms with Crippen LogP contribution < -0.4 is 5.32 Å². The molecule has 1 saturated heterocycles. The predicted octanol–water partition coefficient (Wildman–Crippen LogP) is 3.12. The fourth-order valence-electron chi connectivity index (χ4n) is 3.72. The van der Waals surface area contributed by atoms with E-state index >= 15 is 0 Å². The van der Waals surface area contributed by atoms with Gasteiger partial charge in [0.2, 0.25) is 10.0 Å². The summed E-state index contributed by atoms with van der Waals surface area (Å²) in [5.74, 6) is 0.0369. The predicted molar refractivity (Wildman–Crippen MR) is 113 cm³/mol. The van der Waals surface area contributed by atoms with Gasteiger partial charge in [0.25, 0.3) is 5.91 Å². The molecule has 2 aliphatic heterocycles. The molecule has 1 atom stereocenters. The number of hydrogen-bond donors (Lipinski definition) is 1. The normalized spacial score (nSPS) is 19.9. The molecule has 1 fully saturated rings. The maximum atomic E-state index is 14.1. The molecule has 0 bridgehead atoms. The van der Waals surface area contributed by atoms with Gasteiger partial charge in [0, 0.05) is 29.3 Å². The summed E-state index contributed by atoms with van der Waals surface area (Å²) in [5.41, 5.74) is 1.61. The zero-order chi connectivity index (χ0) is 21.3. The molecule has 0 unspecified atom stereocenters. The zero-order valence-electron chi connectivity index (χ0n) is 16.6. The van der Waals surface area contributed by atoms with Crippen molar-refractivity contribution in [2.45, 2.75) is 29.2 Å². The first-order valence-electron chi connectivity index (χ1n) is 9.78. The largest absolute Gasteiger partial charge is 0.379 e. The van der Waals surface area contributed by atoms with Crippen LogP contribution in [0.25, 0.3) is 0 Å². The minimum absolute atomic E-state index is 0.127. The van der Waals surface area contributed by atoms with Gasteiger partial charge in [0.15, 0.2) is 0 Å². The van der Waals surface area contributed by atoms with E-state index < -0.39 is 10.0 Å². The molecule has 2 aliphatic rings. The molecule has 0 radical (unpaired) electrons. The number of morpholine rings is 1. The number of halogens is 1. The summed E-state index contributed by atoms with van der Waals surface area (Å²) in [6.45, 7) is 3.01. The molecular formula is C21H23FN2O4S2. The Labute approximate surface area is 179 Å². The minimum atomic E-state index is -3.72. The number of rotatable bonds is 4. The molecule has 4 rings (SSSR count). The van der Waals surface area contributed by atoms with Gasteiger partial charge in [0.1, 0.15) is 5.82 Å². The number of carbonyl (C=O) groups excluding carboxylic acids is 1. The number of carbonyl (C=O) groups is 1. The number of nitrogens with zero attached hydrogens (tertiary/aromatic N) is 1. The number of thioether (sulfide) groups is 1. The van der Waals surface area contributed by atoms with Crippen LogP contribution in [0.4, 0.5) is 4.39 Å². The molecule has 0 spiro atoms.